The van der Waals surface area contributed by atoms with E-state index in [-0.39, 0.29) is 0 Å². The molecule has 0 bridgehead atoms. The van der Waals surface area contributed by atoms with E-state index in [4.69, 9.17) is 4.74 Å². The highest BCUT2D eigenvalue weighted by Gasteiger charge is 2.16. The summed E-state index contributed by atoms with van der Waals surface area (Å²) in [5.74, 6) is 0. The summed E-state index contributed by atoms with van der Waals surface area (Å²) in [6.45, 7) is 2.97. The molecule has 0 spiro atoms. The van der Waals surface area contributed by atoms with E-state index in [2.05, 4.69) is 16.4 Å². The predicted molar refractivity (Wildman–Crippen MR) is 53.7 cm³/mol. The van der Waals surface area contributed by atoms with Gasteiger partial charge in [0.15, 0.2) is 0 Å². The van der Waals surface area contributed by atoms with Crippen molar-refractivity contribution in [3.05, 3.63) is 30.1 Å². The molecule has 1 aromatic rings. The molecule has 0 aromatic carbocycles. The van der Waals surface area contributed by atoms with Gasteiger partial charge < -0.3 is 10.1 Å². The van der Waals surface area contributed by atoms with Crippen molar-refractivity contribution in [2.75, 3.05) is 13.2 Å². The molecular formula is C11H17N2O+. The van der Waals surface area contributed by atoms with Gasteiger partial charge >= 0.3 is 0 Å². The van der Waals surface area contributed by atoms with E-state index in [9.17, 15) is 0 Å². The molecule has 2 rings (SSSR count). The average molecular weight is 193 g/mol. The topological polar surface area (TPSA) is 38.7 Å². The Morgan fingerprint density at radius 1 is 1.50 bits per heavy atom. The number of quaternary nitrogens is 1. The molecular weight excluding hydrogens is 176 g/mol. The first kappa shape index (κ1) is 9.62. The summed E-state index contributed by atoms with van der Waals surface area (Å²) < 4.78 is 5.54. The Bertz CT molecular complexity index is 257. The summed E-state index contributed by atoms with van der Waals surface area (Å²) >= 11 is 0. The third kappa shape index (κ3) is 2.79. The normalized spacial score (nSPS) is 21.3. The van der Waals surface area contributed by atoms with Crippen molar-refractivity contribution >= 4 is 0 Å². The van der Waals surface area contributed by atoms with Gasteiger partial charge in [-0.15, -0.1) is 0 Å². The molecule has 1 aromatic heterocycles. The van der Waals surface area contributed by atoms with Gasteiger partial charge in [0.25, 0.3) is 0 Å². The zero-order valence-corrected chi connectivity index (χ0v) is 8.36. The number of hydrogen-bond acceptors (Lipinski definition) is 2. The fourth-order valence-corrected chi connectivity index (χ4v) is 1.77. The first-order chi connectivity index (χ1) is 6.95. The molecule has 1 atom stereocenters. The second kappa shape index (κ2) is 5.08. The highest BCUT2D eigenvalue weighted by Crippen LogP contribution is 2.09. The van der Waals surface area contributed by atoms with Gasteiger partial charge in [0.05, 0.1) is 5.69 Å². The number of ether oxygens (including phenoxy) is 1. The van der Waals surface area contributed by atoms with Gasteiger partial charge in [-0.25, -0.2) is 0 Å². The molecule has 1 saturated heterocycles. The molecule has 2 heterocycles. The van der Waals surface area contributed by atoms with Crippen LogP contribution in [0.3, 0.4) is 0 Å². The molecule has 0 unspecified atom stereocenters. The Morgan fingerprint density at radius 3 is 3.21 bits per heavy atom. The van der Waals surface area contributed by atoms with Crippen LogP contribution in [-0.4, -0.2) is 24.2 Å². The van der Waals surface area contributed by atoms with Crippen LogP contribution in [-0.2, 0) is 11.3 Å². The molecule has 0 amide bonds. The highest BCUT2D eigenvalue weighted by atomic mass is 16.5. The van der Waals surface area contributed by atoms with E-state index in [1.165, 1.54) is 12.8 Å². The Hall–Kier alpha value is -0.930. The SMILES string of the molecule is c1ccc(C[NH2+]C[C@@H]2CCCO2)nc1. The molecule has 76 valence electrons. The Kier molecular flexibility index (Phi) is 3.49. The number of aromatic nitrogens is 1. The lowest BCUT2D eigenvalue weighted by molar-refractivity contribution is -0.676. The number of nitrogens with zero attached hydrogens (tertiary/aromatic N) is 1. The fraction of sp³-hybridized carbons (Fsp3) is 0.545. The van der Waals surface area contributed by atoms with E-state index < -0.39 is 0 Å². The number of hydrogen-bond donors (Lipinski definition) is 1. The molecule has 0 aliphatic carbocycles. The minimum atomic E-state index is 0.471. The van der Waals surface area contributed by atoms with Crippen LogP contribution in [0.25, 0.3) is 0 Å². The quantitative estimate of drug-likeness (QED) is 0.748. The summed E-state index contributed by atoms with van der Waals surface area (Å²) in [5.41, 5.74) is 1.14. The van der Waals surface area contributed by atoms with E-state index in [0.29, 0.717) is 6.10 Å². The number of rotatable bonds is 4. The highest BCUT2D eigenvalue weighted by molar-refractivity contribution is 5.01. The van der Waals surface area contributed by atoms with Gasteiger partial charge in [0.1, 0.15) is 19.2 Å². The largest absolute Gasteiger partial charge is 0.372 e. The third-order valence-electron chi connectivity index (χ3n) is 2.53. The van der Waals surface area contributed by atoms with Crippen LogP contribution in [0.1, 0.15) is 18.5 Å². The second-order valence-electron chi connectivity index (χ2n) is 3.68. The van der Waals surface area contributed by atoms with E-state index in [0.717, 1.165) is 25.4 Å². The lowest BCUT2D eigenvalue weighted by Gasteiger charge is -2.07. The Labute approximate surface area is 84.5 Å². The van der Waals surface area contributed by atoms with E-state index >= 15 is 0 Å². The lowest BCUT2D eigenvalue weighted by Crippen LogP contribution is -2.84. The first-order valence-electron chi connectivity index (χ1n) is 5.28. The van der Waals surface area contributed by atoms with Crippen LogP contribution in [0.5, 0.6) is 0 Å². The molecule has 1 aliphatic heterocycles. The second-order valence-corrected chi connectivity index (χ2v) is 3.68. The van der Waals surface area contributed by atoms with Gasteiger partial charge in [0, 0.05) is 12.8 Å². The average Bonchev–Trinajstić information content (AvgIpc) is 2.72. The maximum Gasteiger partial charge on any atom is 0.119 e. The molecule has 3 nitrogen and oxygen atoms in total. The molecule has 0 saturated carbocycles. The van der Waals surface area contributed by atoms with Crippen molar-refractivity contribution in [3.8, 4) is 0 Å². The van der Waals surface area contributed by atoms with Crippen molar-refractivity contribution in [1.82, 2.24) is 4.98 Å². The zero-order valence-electron chi connectivity index (χ0n) is 8.36. The lowest BCUT2D eigenvalue weighted by atomic mass is 10.2. The molecule has 0 radical (unpaired) electrons. The number of pyridine rings is 1. The van der Waals surface area contributed by atoms with Crippen LogP contribution in [0.4, 0.5) is 0 Å². The van der Waals surface area contributed by atoms with Crippen molar-refractivity contribution < 1.29 is 10.1 Å². The van der Waals surface area contributed by atoms with Crippen molar-refractivity contribution in [1.29, 1.82) is 0 Å². The third-order valence-corrected chi connectivity index (χ3v) is 2.53. The van der Waals surface area contributed by atoms with Crippen LogP contribution < -0.4 is 5.32 Å². The van der Waals surface area contributed by atoms with Gasteiger partial charge in [0.2, 0.25) is 0 Å². The summed E-state index contributed by atoms with van der Waals surface area (Å²) in [6.07, 6.45) is 4.76. The predicted octanol–water partition coefficient (Wildman–Crippen LogP) is 0.324. The first-order valence-corrected chi connectivity index (χ1v) is 5.28. The maximum atomic E-state index is 5.54. The zero-order chi connectivity index (χ0) is 9.64. The minimum Gasteiger partial charge on any atom is -0.372 e. The fourth-order valence-electron chi connectivity index (χ4n) is 1.77. The molecule has 3 heteroatoms. The summed E-state index contributed by atoms with van der Waals surface area (Å²) in [4.78, 5) is 4.27. The van der Waals surface area contributed by atoms with Crippen LogP contribution >= 0.6 is 0 Å². The standard InChI is InChI=1S/C11H16N2O/c1-2-6-13-10(4-1)8-12-9-11-5-3-7-14-11/h1-2,4,6,11-12H,3,5,7-9H2/p+1/t11-/m0/s1. The van der Waals surface area contributed by atoms with Crippen LogP contribution in [0.2, 0.25) is 0 Å². The Morgan fingerprint density at radius 2 is 2.50 bits per heavy atom. The van der Waals surface area contributed by atoms with Gasteiger partial charge in [-0.2, -0.15) is 0 Å². The minimum absolute atomic E-state index is 0.471. The van der Waals surface area contributed by atoms with E-state index in [1.807, 2.05) is 18.3 Å². The smallest absolute Gasteiger partial charge is 0.119 e. The summed E-state index contributed by atoms with van der Waals surface area (Å²) in [6, 6.07) is 6.04. The molecule has 1 aliphatic rings. The van der Waals surface area contributed by atoms with E-state index in [1.54, 1.807) is 0 Å². The van der Waals surface area contributed by atoms with Gasteiger partial charge in [-0.3, -0.25) is 4.98 Å². The number of nitrogens with two attached hydrogens (primary N) is 1. The Balaban J connectivity index is 1.67. The van der Waals surface area contributed by atoms with Gasteiger partial charge in [-0.1, -0.05) is 6.07 Å². The molecule has 2 N–H and O–H groups in total. The van der Waals surface area contributed by atoms with Crippen molar-refractivity contribution in [2.24, 2.45) is 0 Å². The molecule has 1 fully saturated rings. The van der Waals surface area contributed by atoms with Crippen molar-refractivity contribution in [3.63, 3.8) is 0 Å². The monoisotopic (exact) mass is 193 g/mol. The van der Waals surface area contributed by atoms with Gasteiger partial charge in [-0.05, 0) is 25.0 Å². The van der Waals surface area contributed by atoms with Crippen LogP contribution in [0.15, 0.2) is 24.4 Å². The van der Waals surface area contributed by atoms with Crippen molar-refractivity contribution in [2.45, 2.75) is 25.5 Å². The summed E-state index contributed by atoms with van der Waals surface area (Å²) in [7, 11) is 0. The molecule has 14 heavy (non-hydrogen) atoms. The summed E-state index contributed by atoms with van der Waals surface area (Å²) in [5, 5.41) is 2.28. The van der Waals surface area contributed by atoms with Crippen LogP contribution in [0, 0.1) is 0 Å². The maximum absolute atomic E-state index is 5.54.